The molecule has 0 bridgehead atoms. The molecule has 0 saturated carbocycles. The third-order valence-corrected chi connectivity index (χ3v) is 9.43. The van der Waals surface area contributed by atoms with Crippen molar-refractivity contribution in [2.75, 3.05) is 17.2 Å². The number of fused-ring (bicyclic) bond motifs is 1. The molecule has 2 aliphatic rings. The molecule has 4 atom stereocenters. The van der Waals surface area contributed by atoms with Crippen LogP contribution in [0.1, 0.15) is 24.7 Å². The van der Waals surface area contributed by atoms with Crippen LogP contribution >= 0.6 is 35.1 Å². The summed E-state index contributed by atoms with van der Waals surface area (Å²) in [4.78, 5) is 66.3. The molecular weight excluding hydrogens is 687 g/mol. The van der Waals surface area contributed by atoms with Gasteiger partial charge >= 0.3 is 12.1 Å². The number of nitrogens with zero attached hydrogens (tertiary/aromatic N) is 7. The van der Waals surface area contributed by atoms with E-state index in [-0.39, 0.29) is 46.3 Å². The number of carboxylic acid groups (broad SMARTS) is 2. The number of β-lactam (4-membered cyclic amide) rings is 1. The molecule has 2 aromatic rings. The topological polar surface area (TPSA) is 338 Å². The highest BCUT2D eigenvalue weighted by molar-refractivity contribution is 8.01. The molecule has 22 nitrogen and oxygen atoms in total. The molecule has 0 radical (unpaired) electrons. The zero-order valence-electron chi connectivity index (χ0n) is 22.4. The van der Waals surface area contributed by atoms with E-state index in [1.54, 1.807) is 0 Å². The van der Waals surface area contributed by atoms with Crippen molar-refractivity contribution in [3.05, 3.63) is 17.3 Å². The van der Waals surface area contributed by atoms with Gasteiger partial charge in [-0.15, -0.1) is 16.9 Å². The number of nitrogens with one attached hydrogen (secondary N) is 2. The standard InChI is InChI=1S/C19H23N11O11S4/c20-7(16(34)35)1-2-8(31)22-9(11-24-17(21)44-26-11)12(32)23-10-13(33)30-14(41-19(36)37)6(3-42-15(10)30)4-43-18-25-27-28-29(18)5-45(38,39)40/h7,9-10,15H,1-5,20H2,(H,22,31)(H,23,32)(H,34,35)(H,36,37)(H2,21,24,26)(H,38,39,40)/t7-,9+,10-,15+/m1/s1. The van der Waals surface area contributed by atoms with Crippen molar-refractivity contribution in [2.45, 2.75) is 47.4 Å². The van der Waals surface area contributed by atoms with Crippen molar-refractivity contribution in [3.63, 3.8) is 0 Å². The number of nitrogen functional groups attached to an aromatic ring is 1. The van der Waals surface area contributed by atoms with Crippen LogP contribution in [0.15, 0.2) is 16.6 Å². The summed E-state index contributed by atoms with van der Waals surface area (Å²) in [6.07, 6.45) is -2.31. The minimum Gasteiger partial charge on any atom is -0.480 e. The van der Waals surface area contributed by atoms with Gasteiger partial charge in [-0.25, -0.2) is 14.5 Å². The number of carbonyl (C=O) groups excluding carboxylic acids is 3. The Balaban J connectivity index is 1.47. The van der Waals surface area contributed by atoms with Crippen molar-refractivity contribution < 1.29 is 51.9 Å². The lowest BCUT2D eigenvalue weighted by Gasteiger charge is -2.49. The number of thioether (sulfide) groups is 2. The monoisotopic (exact) mass is 709 g/mol. The summed E-state index contributed by atoms with van der Waals surface area (Å²) in [7, 11) is -4.47. The predicted octanol–water partition coefficient (Wildman–Crippen LogP) is -2.60. The number of aromatic nitrogens is 6. The number of hydrogen-bond acceptors (Lipinski definition) is 18. The van der Waals surface area contributed by atoms with Gasteiger partial charge in [0.25, 0.3) is 21.9 Å². The number of ether oxygens (including phenoxy) is 1. The first-order valence-corrected chi connectivity index (χ1v) is 16.6. The summed E-state index contributed by atoms with van der Waals surface area (Å²) in [5.41, 5.74) is 11.3. The molecule has 0 spiro atoms. The maximum absolute atomic E-state index is 13.3. The summed E-state index contributed by atoms with van der Waals surface area (Å²) in [5.74, 6) is -5.10. The lowest BCUT2D eigenvalue weighted by molar-refractivity contribution is -0.149. The molecule has 9 N–H and O–H groups in total. The number of tetrazole rings is 1. The maximum Gasteiger partial charge on any atom is 0.512 e. The largest absolute Gasteiger partial charge is 0.512 e. The molecule has 1 fully saturated rings. The molecule has 3 amide bonds. The number of nitrogens with two attached hydrogens (primary N) is 2. The van der Waals surface area contributed by atoms with Crippen molar-refractivity contribution in [2.24, 2.45) is 5.73 Å². The summed E-state index contributed by atoms with van der Waals surface area (Å²) in [6.45, 7) is 0. The fourth-order valence-corrected chi connectivity index (χ4v) is 7.25. The van der Waals surface area contributed by atoms with E-state index in [1.807, 2.05) is 0 Å². The molecular formula is C19H23N11O11S4. The van der Waals surface area contributed by atoms with Gasteiger partial charge in [0.2, 0.25) is 16.9 Å². The van der Waals surface area contributed by atoms with Crippen LogP contribution in [0.5, 0.6) is 0 Å². The Bertz CT molecular complexity index is 1650. The summed E-state index contributed by atoms with van der Waals surface area (Å²) < 4.78 is 41.2. The van der Waals surface area contributed by atoms with E-state index in [0.717, 1.165) is 44.6 Å². The van der Waals surface area contributed by atoms with E-state index in [0.29, 0.717) is 5.57 Å². The van der Waals surface area contributed by atoms with Gasteiger partial charge in [0.15, 0.2) is 22.9 Å². The molecule has 4 heterocycles. The molecule has 26 heteroatoms. The third kappa shape index (κ3) is 8.34. The zero-order chi connectivity index (χ0) is 33.1. The molecule has 4 rings (SSSR count). The molecule has 244 valence electrons. The Morgan fingerprint density at radius 2 is 1.98 bits per heavy atom. The van der Waals surface area contributed by atoms with Gasteiger partial charge in [0.1, 0.15) is 17.5 Å². The van der Waals surface area contributed by atoms with E-state index in [4.69, 9.17) is 25.9 Å². The lowest BCUT2D eigenvalue weighted by atomic mass is 10.1. The highest BCUT2D eigenvalue weighted by Gasteiger charge is 2.54. The molecule has 0 aromatic carbocycles. The number of rotatable bonds is 14. The normalized spacial score (nSPS) is 19.2. The number of carbonyl (C=O) groups is 5. The van der Waals surface area contributed by atoms with Crippen LogP contribution in [0.4, 0.5) is 9.93 Å². The minimum absolute atomic E-state index is 0.0169. The van der Waals surface area contributed by atoms with E-state index in [1.165, 1.54) is 0 Å². The quantitative estimate of drug-likeness (QED) is 0.0457. The second kappa shape index (κ2) is 13.9. The van der Waals surface area contributed by atoms with Gasteiger partial charge in [-0.1, -0.05) is 11.8 Å². The van der Waals surface area contributed by atoms with Gasteiger partial charge in [-0.05, 0) is 16.8 Å². The molecule has 2 aliphatic heterocycles. The summed E-state index contributed by atoms with van der Waals surface area (Å²) >= 11 is 2.77. The van der Waals surface area contributed by atoms with Crippen molar-refractivity contribution >= 4 is 80.2 Å². The fourth-order valence-electron chi connectivity index (χ4n) is 3.89. The van der Waals surface area contributed by atoms with Crippen LogP contribution in [0.25, 0.3) is 0 Å². The van der Waals surface area contributed by atoms with E-state index in [2.05, 4.69) is 35.5 Å². The Labute approximate surface area is 264 Å². The SMILES string of the molecule is Nc1nc([C@H](NC(=O)CC[C@@H](N)C(=O)O)C(=O)N[C@@H]2C(=O)N3C(OC(=O)O)=C(CSc4nnnn4CS(=O)(=O)O)CS[C@@H]23)ns1. The average Bonchev–Trinajstić information content (AvgIpc) is 3.58. The Kier molecular flexibility index (Phi) is 10.4. The number of aliphatic carboxylic acids is 1. The van der Waals surface area contributed by atoms with Gasteiger partial charge in [0, 0.05) is 35.0 Å². The molecule has 2 aromatic heterocycles. The molecule has 0 aliphatic carbocycles. The third-order valence-electron chi connectivity index (χ3n) is 5.92. The Hall–Kier alpha value is -4.11. The average molecular weight is 710 g/mol. The number of hydrogen-bond donors (Lipinski definition) is 7. The number of amides is 3. The number of anilines is 1. The van der Waals surface area contributed by atoms with Crippen LogP contribution < -0.4 is 22.1 Å². The first-order valence-electron chi connectivity index (χ1n) is 12.2. The van der Waals surface area contributed by atoms with Gasteiger partial charge in [0.05, 0.1) is 0 Å². The molecule has 1 saturated heterocycles. The highest BCUT2D eigenvalue weighted by Crippen LogP contribution is 2.42. The number of carboxylic acids is 1. The lowest BCUT2D eigenvalue weighted by Crippen LogP contribution is -2.70. The van der Waals surface area contributed by atoms with Gasteiger partial charge < -0.3 is 37.1 Å². The maximum atomic E-state index is 13.3. The van der Waals surface area contributed by atoms with E-state index in [9.17, 15) is 37.5 Å². The minimum atomic E-state index is -4.47. The van der Waals surface area contributed by atoms with Crippen LogP contribution in [-0.2, 0) is 39.9 Å². The van der Waals surface area contributed by atoms with Crippen LogP contribution in [0.3, 0.4) is 0 Å². The van der Waals surface area contributed by atoms with Crippen molar-refractivity contribution in [3.8, 4) is 0 Å². The smallest absolute Gasteiger partial charge is 0.480 e. The zero-order valence-corrected chi connectivity index (χ0v) is 25.6. The van der Waals surface area contributed by atoms with Gasteiger partial charge in [-0.3, -0.25) is 28.6 Å². The first kappa shape index (κ1) is 33.8. The molecule has 0 unspecified atom stereocenters. The van der Waals surface area contributed by atoms with E-state index >= 15 is 0 Å². The van der Waals surface area contributed by atoms with Crippen molar-refractivity contribution in [1.29, 1.82) is 0 Å². The predicted molar refractivity (Wildman–Crippen MR) is 151 cm³/mol. The second-order valence-corrected chi connectivity index (χ2v) is 13.4. The van der Waals surface area contributed by atoms with E-state index < -0.39 is 69.3 Å². The Morgan fingerprint density at radius 1 is 1.24 bits per heavy atom. The van der Waals surface area contributed by atoms with Crippen LogP contribution in [0.2, 0.25) is 0 Å². The molecule has 45 heavy (non-hydrogen) atoms. The fraction of sp³-hybridized carbons (Fsp3) is 0.474. The second-order valence-electron chi connectivity index (χ2n) is 9.11. The van der Waals surface area contributed by atoms with Gasteiger partial charge in [-0.2, -0.15) is 12.8 Å². The summed E-state index contributed by atoms with van der Waals surface area (Å²) in [6, 6.07) is -4.03. The van der Waals surface area contributed by atoms with Crippen molar-refractivity contribution in [1.82, 2.24) is 45.1 Å². The summed E-state index contributed by atoms with van der Waals surface area (Å²) in [5, 5.41) is 32.7. The highest BCUT2D eigenvalue weighted by atomic mass is 32.2. The Morgan fingerprint density at radius 3 is 2.60 bits per heavy atom. The van der Waals surface area contributed by atoms with Crippen LogP contribution in [-0.4, -0.2) is 116 Å². The first-order chi connectivity index (χ1) is 21.1. The van der Waals surface area contributed by atoms with Crippen LogP contribution in [0, 0.1) is 0 Å².